The van der Waals surface area contributed by atoms with E-state index in [0.717, 1.165) is 62.2 Å². The minimum absolute atomic E-state index is 0.106. The van der Waals surface area contributed by atoms with Gasteiger partial charge in [-0.2, -0.15) is 0 Å². The SMILES string of the molecule is O=C(C=Cc1ccc(F)cc1F)N[C@H](CO)c1cccc(CN2CCOCC2)c1. The third-order valence-corrected chi connectivity index (χ3v) is 4.74. The fourth-order valence-electron chi connectivity index (χ4n) is 3.18. The number of nitrogens with one attached hydrogen (secondary N) is 1. The van der Waals surface area contributed by atoms with Gasteiger partial charge in [-0.25, -0.2) is 8.78 Å². The third kappa shape index (κ3) is 6.19. The summed E-state index contributed by atoms with van der Waals surface area (Å²) in [7, 11) is 0. The molecule has 29 heavy (non-hydrogen) atoms. The lowest BCUT2D eigenvalue weighted by atomic mass is 10.0. The molecule has 2 aromatic rings. The Balaban J connectivity index is 1.63. The van der Waals surface area contributed by atoms with Gasteiger partial charge < -0.3 is 15.2 Å². The van der Waals surface area contributed by atoms with E-state index in [1.165, 1.54) is 12.1 Å². The second kappa shape index (κ2) is 10.2. The smallest absolute Gasteiger partial charge is 0.244 e. The van der Waals surface area contributed by atoms with Crippen LogP contribution in [0.5, 0.6) is 0 Å². The first kappa shape index (κ1) is 21.1. The van der Waals surface area contributed by atoms with Gasteiger partial charge in [0.2, 0.25) is 5.91 Å². The number of benzene rings is 2. The highest BCUT2D eigenvalue weighted by Crippen LogP contribution is 2.17. The van der Waals surface area contributed by atoms with Crippen molar-refractivity contribution in [3.63, 3.8) is 0 Å². The predicted octanol–water partition coefficient (Wildman–Crippen LogP) is 2.66. The molecule has 0 spiro atoms. The zero-order valence-corrected chi connectivity index (χ0v) is 16.0. The Morgan fingerprint density at radius 3 is 2.72 bits per heavy atom. The maximum Gasteiger partial charge on any atom is 0.244 e. The Kier molecular flexibility index (Phi) is 7.46. The summed E-state index contributed by atoms with van der Waals surface area (Å²) in [5, 5.41) is 12.4. The number of hydrogen-bond donors (Lipinski definition) is 2. The zero-order chi connectivity index (χ0) is 20.6. The van der Waals surface area contributed by atoms with Crippen LogP contribution in [0.25, 0.3) is 6.08 Å². The predicted molar refractivity (Wildman–Crippen MR) is 106 cm³/mol. The van der Waals surface area contributed by atoms with E-state index in [9.17, 15) is 18.7 Å². The zero-order valence-electron chi connectivity index (χ0n) is 16.0. The molecule has 2 N–H and O–H groups in total. The highest BCUT2D eigenvalue weighted by atomic mass is 19.1. The highest BCUT2D eigenvalue weighted by molar-refractivity contribution is 5.92. The van der Waals surface area contributed by atoms with E-state index >= 15 is 0 Å². The molecule has 1 saturated heterocycles. The summed E-state index contributed by atoms with van der Waals surface area (Å²) in [6.45, 7) is 3.68. The van der Waals surface area contributed by atoms with Gasteiger partial charge in [0, 0.05) is 37.3 Å². The first-order valence-electron chi connectivity index (χ1n) is 9.48. The van der Waals surface area contributed by atoms with Gasteiger partial charge in [-0.15, -0.1) is 0 Å². The monoisotopic (exact) mass is 402 g/mol. The van der Waals surface area contributed by atoms with Crippen LogP contribution in [0.15, 0.2) is 48.5 Å². The van der Waals surface area contributed by atoms with Gasteiger partial charge in [0.05, 0.1) is 25.9 Å². The number of carbonyl (C=O) groups excluding carboxylic acids is 1. The van der Waals surface area contributed by atoms with Crippen LogP contribution in [0, 0.1) is 11.6 Å². The summed E-state index contributed by atoms with van der Waals surface area (Å²) in [4.78, 5) is 14.5. The van der Waals surface area contributed by atoms with Crippen molar-refractivity contribution in [2.45, 2.75) is 12.6 Å². The lowest BCUT2D eigenvalue weighted by Gasteiger charge is -2.27. The first-order valence-corrected chi connectivity index (χ1v) is 9.48. The summed E-state index contributed by atoms with van der Waals surface area (Å²) in [6.07, 6.45) is 2.43. The number of aliphatic hydroxyl groups excluding tert-OH is 1. The van der Waals surface area contributed by atoms with Crippen LogP contribution < -0.4 is 5.32 Å². The first-order chi connectivity index (χ1) is 14.0. The summed E-state index contributed by atoms with van der Waals surface area (Å²) in [5.41, 5.74) is 1.98. The number of amides is 1. The van der Waals surface area contributed by atoms with Crippen LogP contribution in [0.2, 0.25) is 0 Å². The number of hydrogen-bond acceptors (Lipinski definition) is 4. The second-order valence-corrected chi connectivity index (χ2v) is 6.88. The van der Waals surface area contributed by atoms with Gasteiger partial charge in [0.15, 0.2) is 0 Å². The standard InChI is InChI=1S/C22H24F2N2O3/c23-19-6-4-17(20(24)13-19)5-7-22(28)25-21(15-27)18-3-1-2-16(12-18)14-26-8-10-29-11-9-26/h1-7,12-13,21,27H,8-11,14-15H2,(H,25,28)/t21-/m1/s1. The number of halogens is 2. The molecule has 1 atom stereocenters. The lowest BCUT2D eigenvalue weighted by Crippen LogP contribution is -2.35. The topological polar surface area (TPSA) is 61.8 Å². The van der Waals surface area contributed by atoms with Crippen molar-refractivity contribution < 1.29 is 23.4 Å². The largest absolute Gasteiger partial charge is 0.394 e. The molecule has 1 heterocycles. The fraction of sp³-hybridized carbons (Fsp3) is 0.318. The molecule has 154 valence electrons. The van der Waals surface area contributed by atoms with Gasteiger partial charge in [-0.1, -0.05) is 24.3 Å². The van der Waals surface area contributed by atoms with Gasteiger partial charge in [0.1, 0.15) is 11.6 Å². The fourth-order valence-corrected chi connectivity index (χ4v) is 3.18. The Bertz CT molecular complexity index is 867. The molecule has 5 nitrogen and oxygen atoms in total. The van der Waals surface area contributed by atoms with Crippen LogP contribution >= 0.6 is 0 Å². The van der Waals surface area contributed by atoms with Gasteiger partial charge in [-0.3, -0.25) is 9.69 Å². The molecule has 7 heteroatoms. The van der Waals surface area contributed by atoms with Crippen LogP contribution in [0.3, 0.4) is 0 Å². The molecule has 0 saturated carbocycles. The van der Waals surface area contributed by atoms with E-state index in [1.807, 2.05) is 24.3 Å². The Labute approximate surface area is 168 Å². The Morgan fingerprint density at radius 1 is 1.21 bits per heavy atom. The number of ether oxygens (including phenoxy) is 1. The van der Waals surface area contributed by atoms with Crippen molar-refractivity contribution in [1.82, 2.24) is 10.2 Å². The van der Waals surface area contributed by atoms with E-state index < -0.39 is 23.6 Å². The van der Waals surface area contributed by atoms with Crippen LogP contribution in [-0.4, -0.2) is 48.8 Å². The van der Waals surface area contributed by atoms with E-state index in [0.29, 0.717) is 0 Å². The number of morpholine rings is 1. The van der Waals surface area contributed by atoms with Crippen molar-refractivity contribution in [3.8, 4) is 0 Å². The van der Waals surface area contributed by atoms with Crippen molar-refractivity contribution in [3.05, 3.63) is 76.9 Å². The van der Waals surface area contributed by atoms with E-state index in [2.05, 4.69) is 10.2 Å². The number of rotatable bonds is 7. The average molecular weight is 402 g/mol. The highest BCUT2D eigenvalue weighted by Gasteiger charge is 2.15. The second-order valence-electron chi connectivity index (χ2n) is 6.88. The molecule has 0 aromatic heterocycles. The molecule has 0 radical (unpaired) electrons. The average Bonchev–Trinajstić information content (AvgIpc) is 2.72. The van der Waals surface area contributed by atoms with Crippen molar-refractivity contribution in [2.75, 3.05) is 32.9 Å². The molecule has 1 fully saturated rings. The summed E-state index contributed by atoms with van der Waals surface area (Å²) in [5.74, 6) is -1.91. The molecule has 1 amide bonds. The number of carbonyl (C=O) groups is 1. The summed E-state index contributed by atoms with van der Waals surface area (Å²) >= 11 is 0. The molecule has 1 aliphatic heterocycles. The van der Waals surface area contributed by atoms with Gasteiger partial charge in [-0.05, 0) is 29.3 Å². The van der Waals surface area contributed by atoms with E-state index in [-0.39, 0.29) is 12.2 Å². The van der Waals surface area contributed by atoms with Gasteiger partial charge in [0.25, 0.3) is 0 Å². The normalized spacial score (nSPS) is 16.1. The van der Waals surface area contributed by atoms with Crippen molar-refractivity contribution in [2.24, 2.45) is 0 Å². The molecule has 0 bridgehead atoms. The molecule has 0 unspecified atom stereocenters. The third-order valence-electron chi connectivity index (χ3n) is 4.74. The van der Waals surface area contributed by atoms with Crippen LogP contribution in [0.1, 0.15) is 22.7 Å². The summed E-state index contributed by atoms with van der Waals surface area (Å²) < 4.78 is 32.0. The Hall–Kier alpha value is -2.61. The van der Waals surface area contributed by atoms with Crippen LogP contribution in [-0.2, 0) is 16.1 Å². The molecular weight excluding hydrogens is 378 g/mol. The molecule has 1 aliphatic rings. The van der Waals surface area contributed by atoms with Crippen molar-refractivity contribution in [1.29, 1.82) is 0 Å². The Morgan fingerprint density at radius 2 is 2.00 bits per heavy atom. The van der Waals surface area contributed by atoms with E-state index in [1.54, 1.807) is 0 Å². The molecule has 3 rings (SSSR count). The molecule has 2 aromatic carbocycles. The molecule has 0 aliphatic carbocycles. The minimum Gasteiger partial charge on any atom is -0.394 e. The van der Waals surface area contributed by atoms with Crippen molar-refractivity contribution >= 4 is 12.0 Å². The maximum atomic E-state index is 13.7. The number of nitrogens with zero attached hydrogens (tertiary/aromatic N) is 1. The lowest BCUT2D eigenvalue weighted by molar-refractivity contribution is -0.117. The maximum absolute atomic E-state index is 13.7. The van der Waals surface area contributed by atoms with Crippen LogP contribution in [0.4, 0.5) is 8.78 Å². The quantitative estimate of drug-likeness (QED) is 0.699. The minimum atomic E-state index is -0.747. The summed E-state index contributed by atoms with van der Waals surface area (Å²) in [6, 6.07) is 10.2. The van der Waals surface area contributed by atoms with E-state index in [4.69, 9.17) is 4.74 Å². The van der Waals surface area contributed by atoms with Gasteiger partial charge >= 0.3 is 0 Å². The molecular formula is C22H24F2N2O3. The number of aliphatic hydroxyl groups is 1.